The van der Waals surface area contributed by atoms with Gasteiger partial charge in [-0.2, -0.15) is 0 Å². The normalized spacial score (nSPS) is 10.8. The highest BCUT2D eigenvalue weighted by atomic mass is 35.5. The Morgan fingerprint density at radius 2 is 1.83 bits per heavy atom. The van der Waals surface area contributed by atoms with E-state index >= 15 is 0 Å². The van der Waals surface area contributed by atoms with Gasteiger partial charge in [0, 0.05) is 5.88 Å². The summed E-state index contributed by atoms with van der Waals surface area (Å²) in [5.74, 6) is 0.620. The second kappa shape index (κ2) is 5.84. The maximum absolute atomic E-state index is 5.50. The fraction of sp³-hybridized carbons (Fsp3) is 0.273. The van der Waals surface area contributed by atoms with Gasteiger partial charge in [-0.25, -0.2) is 0 Å². The second-order valence-corrected chi connectivity index (χ2v) is 2.96. The summed E-state index contributed by atoms with van der Waals surface area (Å²) >= 11 is 5.50. The molecular formula is C11H13Cl. The van der Waals surface area contributed by atoms with Gasteiger partial charge < -0.3 is 0 Å². The molecule has 0 aliphatic carbocycles. The minimum atomic E-state index is 0.620. The van der Waals surface area contributed by atoms with E-state index in [2.05, 4.69) is 30.3 Å². The maximum Gasteiger partial charge on any atom is 0.0404 e. The first-order chi connectivity index (χ1) is 5.93. The lowest BCUT2D eigenvalue weighted by atomic mass is 10.1. The molecular weight excluding hydrogens is 168 g/mol. The van der Waals surface area contributed by atoms with E-state index < -0.39 is 0 Å². The van der Waals surface area contributed by atoms with Crippen LogP contribution >= 0.6 is 11.6 Å². The van der Waals surface area contributed by atoms with E-state index in [0.717, 1.165) is 12.8 Å². The number of aryl methyl sites for hydroxylation is 1. The third-order valence-corrected chi connectivity index (χ3v) is 1.88. The van der Waals surface area contributed by atoms with Crippen molar-refractivity contribution in [3.8, 4) is 0 Å². The van der Waals surface area contributed by atoms with Crippen molar-refractivity contribution >= 4 is 11.6 Å². The smallest absolute Gasteiger partial charge is 0.0404 e. The molecule has 0 saturated heterocycles. The van der Waals surface area contributed by atoms with Crippen molar-refractivity contribution in [3.05, 3.63) is 48.0 Å². The molecule has 0 N–H and O–H groups in total. The molecule has 1 heteroatoms. The Morgan fingerprint density at radius 1 is 1.08 bits per heavy atom. The van der Waals surface area contributed by atoms with Gasteiger partial charge in [0.25, 0.3) is 0 Å². The molecule has 0 radical (unpaired) electrons. The molecule has 0 aliphatic rings. The standard InChI is InChI=1S/C11H13Cl/c12-10-6-2-5-9-11-7-3-1-4-8-11/h1-4,6-8H,5,9-10H2/b6-2+. The summed E-state index contributed by atoms with van der Waals surface area (Å²) in [5.41, 5.74) is 1.39. The van der Waals surface area contributed by atoms with Crippen LogP contribution in [0.2, 0.25) is 0 Å². The van der Waals surface area contributed by atoms with Crippen molar-refractivity contribution in [1.29, 1.82) is 0 Å². The molecule has 0 fully saturated rings. The van der Waals surface area contributed by atoms with Crippen molar-refractivity contribution < 1.29 is 0 Å². The highest BCUT2D eigenvalue weighted by Gasteiger charge is 1.86. The molecule has 1 rings (SSSR count). The third-order valence-electron chi connectivity index (χ3n) is 1.70. The largest absolute Gasteiger partial charge is 0.122 e. The lowest BCUT2D eigenvalue weighted by Gasteiger charge is -1.95. The number of halogens is 1. The van der Waals surface area contributed by atoms with E-state index in [9.17, 15) is 0 Å². The van der Waals surface area contributed by atoms with E-state index in [0.29, 0.717) is 5.88 Å². The second-order valence-electron chi connectivity index (χ2n) is 2.65. The molecule has 12 heavy (non-hydrogen) atoms. The Morgan fingerprint density at radius 3 is 2.50 bits per heavy atom. The van der Waals surface area contributed by atoms with Crippen LogP contribution in [0.15, 0.2) is 42.5 Å². The van der Waals surface area contributed by atoms with Gasteiger partial charge in [0.05, 0.1) is 0 Å². The number of allylic oxidation sites excluding steroid dienone is 2. The van der Waals surface area contributed by atoms with Crippen LogP contribution in [-0.2, 0) is 6.42 Å². The molecule has 1 aromatic rings. The Hall–Kier alpha value is -0.750. The molecule has 0 spiro atoms. The maximum atomic E-state index is 5.50. The summed E-state index contributed by atoms with van der Waals surface area (Å²) in [4.78, 5) is 0. The topological polar surface area (TPSA) is 0 Å². The lowest BCUT2D eigenvalue weighted by Crippen LogP contribution is -1.81. The predicted molar refractivity (Wildman–Crippen MR) is 54.6 cm³/mol. The van der Waals surface area contributed by atoms with E-state index in [4.69, 9.17) is 11.6 Å². The first kappa shape index (κ1) is 9.34. The van der Waals surface area contributed by atoms with Crippen LogP contribution in [0.25, 0.3) is 0 Å². The average Bonchev–Trinajstić information content (AvgIpc) is 2.14. The minimum absolute atomic E-state index is 0.620. The quantitative estimate of drug-likeness (QED) is 0.492. The summed E-state index contributed by atoms with van der Waals surface area (Å²) in [7, 11) is 0. The zero-order valence-electron chi connectivity index (χ0n) is 7.04. The van der Waals surface area contributed by atoms with Crippen molar-refractivity contribution in [1.82, 2.24) is 0 Å². The fourth-order valence-corrected chi connectivity index (χ4v) is 1.20. The number of benzene rings is 1. The molecule has 0 amide bonds. The molecule has 0 aromatic heterocycles. The Balaban J connectivity index is 2.29. The lowest BCUT2D eigenvalue weighted by molar-refractivity contribution is 1.000. The number of hydrogen-bond acceptors (Lipinski definition) is 0. The third kappa shape index (κ3) is 3.59. The van der Waals surface area contributed by atoms with Crippen molar-refractivity contribution in [2.45, 2.75) is 12.8 Å². The van der Waals surface area contributed by atoms with E-state index in [-0.39, 0.29) is 0 Å². The summed E-state index contributed by atoms with van der Waals surface area (Å²) in [5, 5.41) is 0. The molecule has 64 valence electrons. The van der Waals surface area contributed by atoms with Crippen LogP contribution in [0, 0.1) is 0 Å². The first-order valence-electron chi connectivity index (χ1n) is 4.18. The summed E-state index contributed by atoms with van der Waals surface area (Å²) in [6.07, 6.45) is 6.30. The van der Waals surface area contributed by atoms with Crippen LogP contribution in [0.4, 0.5) is 0 Å². The van der Waals surface area contributed by atoms with Crippen molar-refractivity contribution in [2.75, 3.05) is 5.88 Å². The highest BCUT2D eigenvalue weighted by Crippen LogP contribution is 2.02. The van der Waals surface area contributed by atoms with E-state index in [1.54, 1.807) is 0 Å². The Labute approximate surface area is 78.9 Å². The molecule has 0 bridgehead atoms. The van der Waals surface area contributed by atoms with Crippen LogP contribution in [0.5, 0.6) is 0 Å². The Kier molecular flexibility index (Phi) is 4.55. The average molecular weight is 181 g/mol. The number of hydrogen-bond donors (Lipinski definition) is 0. The van der Waals surface area contributed by atoms with Gasteiger partial charge >= 0.3 is 0 Å². The van der Waals surface area contributed by atoms with E-state index in [1.807, 2.05) is 12.1 Å². The molecule has 0 heterocycles. The minimum Gasteiger partial charge on any atom is -0.122 e. The van der Waals surface area contributed by atoms with Crippen LogP contribution in [0.1, 0.15) is 12.0 Å². The summed E-state index contributed by atoms with van der Waals surface area (Å²) in [6.45, 7) is 0. The van der Waals surface area contributed by atoms with Gasteiger partial charge in [-0.15, -0.1) is 11.6 Å². The summed E-state index contributed by atoms with van der Waals surface area (Å²) < 4.78 is 0. The SMILES string of the molecule is ClC/C=C/CCc1ccccc1. The van der Waals surface area contributed by atoms with E-state index in [1.165, 1.54) is 5.56 Å². The molecule has 0 unspecified atom stereocenters. The van der Waals surface area contributed by atoms with Crippen molar-refractivity contribution in [3.63, 3.8) is 0 Å². The monoisotopic (exact) mass is 180 g/mol. The van der Waals surface area contributed by atoms with Gasteiger partial charge in [-0.3, -0.25) is 0 Å². The zero-order valence-corrected chi connectivity index (χ0v) is 7.80. The molecule has 0 nitrogen and oxygen atoms in total. The Bertz CT molecular complexity index is 226. The van der Waals surface area contributed by atoms with Gasteiger partial charge in [-0.1, -0.05) is 42.5 Å². The summed E-state index contributed by atoms with van der Waals surface area (Å²) in [6, 6.07) is 10.5. The number of alkyl halides is 1. The molecule has 0 aliphatic heterocycles. The first-order valence-corrected chi connectivity index (χ1v) is 4.72. The van der Waals surface area contributed by atoms with Gasteiger partial charge in [0.1, 0.15) is 0 Å². The number of rotatable bonds is 4. The fourth-order valence-electron chi connectivity index (χ4n) is 1.08. The molecule has 1 aromatic carbocycles. The van der Waals surface area contributed by atoms with Crippen molar-refractivity contribution in [2.24, 2.45) is 0 Å². The molecule has 0 saturated carbocycles. The highest BCUT2D eigenvalue weighted by molar-refractivity contribution is 6.18. The molecule has 0 atom stereocenters. The predicted octanol–water partition coefficient (Wildman–Crippen LogP) is 3.41. The van der Waals surface area contributed by atoms with Crippen LogP contribution < -0.4 is 0 Å². The van der Waals surface area contributed by atoms with Crippen LogP contribution in [0.3, 0.4) is 0 Å². The van der Waals surface area contributed by atoms with Crippen LogP contribution in [-0.4, -0.2) is 5.88 Å². The van der Waals surface area contributed by atoms with Gasteiger partial charge in [0.2, 0.25) is 0 Å². The zero-order chi connectivity index (χ0) is 8.65. The van der Waals surface area contributed by atoms with Gasteiger partial charge in [0.15, 0.2) is 0 Å². The van der Waals surface area contributed by atoms with Gasteiger partial charge in [-0.05, 0) is 18.4 Å².